The van der Waals surface area contributed by atoms with Gasteiger partial charge in [-0.05, 0) is 43.4 Å². The summed E-state index contributed by atoms with van der Waals surface area (Å²) in [4.78, 5) is 72.4. The van der Waals surface area contributed by atoms with Gasteiger partial charge >= 0.3 is 39.5 Å². The van der Waals surface area contributed by atoms with Crippen molar-refractivity contribution in [3.05, 3.63) is 0 Å². The number of hydrogen-bond donors (Lipinski definition) is 3. The van der Waals surface area contributed by atoms with Crippen molar-refractivity contribution < 1.29 is 80.2 Å². The highest BCUT2D eigenvalue weighted by molar-refractivity contribution is 7.47. The molecule has 0 aromatic carbocycles. The van der Waals surface area contributed by atoms with E-state index in [0.29, 0.717) is 25.7 Å². The Balaban J connectivity index is 5.27. The van der Waals surface area contributed by atoms with E-state index in [2.05, 4.69) is 48.5 Å². The molecule has 3 N–H and O–H groups in total. The van der Waals surface area contributed by atoms with Gasteiger partial charge in [-0.3, -0.25) is 37.3 Å². The Bertz CT molecular complexity index is 1720. The summed E-state index contributed by atoms with van der Waals surface area (Å²) in [5.41, 5.74) is 0. The number of carbonyl (C=O) groups excluding carboxylic acids is 4. The van der Waals surface area contributed by atoms with Gasteiger partial charge in [0.1, 0.15) is 19.3 Å². The maximum atomic E-state index is 13.0. The average molecular weight is 1280 g/mol. The van der Waals surface area contributed by atoms with Crippen molar-refractivity contribution in [1.29, 1.82) is 0 Å². The number of unbranched alkanes of at least 4 members (excludes halogenated alkanes) is 32. The van der Waals surface area contributed by atoms with E-state index in [-0.39, 0.29) is 25.7 Å². The number of esters is 4. The molecule has 87 heavy (non-hydrogen) atoms. The molecule has 17 nitrogen and oxygen atoms in total. The summed E-state index contributed by atoms with van der Waals surface area (Å²) in [6.45, 7) is 11.8. The van der Waals surface area contributed by atoms with Gasteiger partial charge in [-0.2, -0.15) is 0 Å². The molecule has 0 rings (SSSR count). The molecule has 0 aromatic rings. The highest BCUT2D eigenvalue weighted by Crippen LogP contribution is 2.45. The Morgan fingerprint density at radius 3 is 0.874 bits per heavy atom. The SMILES string of the molecule is CCCCCCCCCCCCC(=O)OC[C@H](COP(=O)(O)OC[C@H](O)COP(=O)(O)OC[C@@H](COC(=O)CCCCCCCCCCC(C)CC)OC(=O)CCCCCCCCCCCCC(C)CC)OC(=O)CCCCCCCCCCC(C)C. The molecule has 19 heteroatoms. The standard InChI is InChI=1S/C68H132O17P2/c1-8-11-12-13-14-15-19-28-35-42-49-65(70)78-55-64(85-68(73)52-45-38-31-23-21-25-32-39-46-59(4)5)58-83-87(76,77)81-54-62(69)53-80-86(74,75)82-57-63(56-79-66(71)50-43-36-29-24-22-27-34-41-48-61(7)10-3)84-67(72)51-44-37-30-20-17-16-18-26-33-40-47-60(6)9-2/h59-64,69H,8-58H2,1-7H3,(H,74,75)(H,76,77)/t60?,61?,62-,63-,64-/m1/s1. The molecule has 4 unspecified atom stereocenters. The number of rotatable bonds is 66. The van der Waals surface area contributed by atoms with Crippen LogP contribution in [0.2, 0.25) is 0 Å². The van der Waals surface area contributed by atoms with Gasteiger partial charge in [0.15, 0.2) is 12.2 Å². The first-order chi connectivity index (χ1) is 41.8. The summed E-state index contributed by atoms with van der Waals surface area (Å²) < 4.78 is 68.2. The molecule has 0 saturated heterocycles. The van der Waals surface area contributed by atoms with Crippen molar-refractivity contribution >= 4 is 39.5 Å². The zero-order valence-electron chi connectivity index (χ0n) is 56.5. The van der Waals surface area contributed by atoms with Crippen molar-refractivity contribution in [2.75, 3.05) is 39.6 Å². The van der Waals surface area contributed by atoms with E-state index < -0.39 is 97.5 Å². The van der Waals surface area contributed by atoms with Gasteiger partial charge in [0, 0.05) is 25.7 Å². The highest BCUT2D eigenvalue weighted by atomic mass is 31.2. The maximum absolute atomic E-state index is 13.0. The molecule has 0 fully saturated rings. The predicted octanol–water partition coefficient (Wildman–Crippen LogP) is 19.1. The second-order valence-corrected chi connectivity index (χ2v) is 28.4. The summed E-state index contributed by atoms with van der Waals surface area (Å²) in [5.74, 6) is 0.168. The second-order valence-electron chi connectivity index (χ2n) is 25.5. The van der Waals surface area contributed by atoms with E-state index >= 15 is 0 Å². The quantitative estimate of drug-likeness (QED) is 0.0222. The zero-order chi connectivity index (χ0) is 64.5. The van der Waals surface area contributed by atoms with Crippen LogP contribution in [0.1, 0.15) is 337 Å². The smallest absolute Gasteiger partial charge is 0.462 e. The van der Waals surface area contributed by atoms with Crippen molar-refractivity contribution in [3.63, 3.8) is 0 Å². The summed E-state index contributed by atoms with van der Waals surface area (Å²) in [7, 11) is -9.90. The molecule has 0 spiro atoms. The van der Waals surface area contributed by atoms with Gasteiger partial charge < -0.3 is 33.8 Å². The van der Waals surface area contributed by atoms with Crippen LogP contribution in [0.3, 0.4) is 0 Å². The topological polar surface area (TPSA) is 237 Å². The number of carbonyl (C=O) groups is 4. The monoisotopic (exact) mass is 1280 g/mol. The lowest BCUT2D eigenvalue weighted by Crippen LogP contribution is -2.30. The summed E-state index contributed by atoms with van der Waals surface area (Å²) in [6, 6.07) is 0. The van der Waals surface area contributed by atoms with Crippen LogP contribution < -0.4 is 0 Å². The third-order valence-electron chi connectivity index (χ3n) is 16.4. The Kier molecular flexibility index (Phi) is 57.8. The lowest BCUT2D eigenvalue weighted by atomic mass is 9.99. The van der Waals surface area contributed by atoms with Gasteiger partial charge in [-0.15, -0.1) is 0 Å². The fourth-order valence-electron chi connectivity index (χ4n) is 10.1. The fourth-order valence-corrected chi connectivity index (χ4v) is 11.7. The second kappa shape index (κ2) is 59.1. The highest BCUT2D eigenvalue weighted by Gasteiger charge is 2.30. The molecule has 0 bridgehead atoms. The van der Waals surface area contributed by atoms with Crippen LogP contribution in [-0.2, 0) is 65.4 Å². The Hall–Kier alpha value is -1.94. The lowest BCUT2D eigenvalue weighted by Gasteiger charge is -2.21. The number of aliphatic hydroxyl groups excluding tert-OH is 1. The minimum Gasteiger partial charge on any atom is -0.462 e. The molecule has 516 valence electrons. The molecule has 0 saturated carbocycles. The molecule has 0 aliphatic rings. The molecule has 0 aromatic heterocycles. The average Bonchev–Trinajstić information content (AvgIpc) is 3.66. The largest absolute Gasteiger partial charge is 0.472 e. The summed E-state index contributed by atoms with van der Waals surface area (Å²) in [6.07, 6.45) is 41.5. The first-order valence-electron chi connectivity index (χ1n) is 35.4. The van der Waals surface area contributed by atoms with E-state index in [9.17, 15) is 43.2 Å². The molecular weight excluding hydrogens is 1150 g/mol. The Morgan fingerprint density at radius 1 is 0.333 bits per heavy atom. The third-order valence-corrected chi connectivity index (χ3v) is 18.3. The minimum absolute atomic E-state index is 0.104. The van der Waals surface area contributed by atoms with Crippen LogP contribution in [0.5, 0.6) is 0 Å². The number of phosphoric acid groups is 2. The van der Waals surface area contributed by atoms with E-state index in [1.807, 2.05) is 0 Å². The van der Waals surface area contributed by atoms with Crippen LogP contribution in [0, 0.1) is 17.8 Å². The van der Waals surface area contributed by atoms with Crippen molar-refractivity contribution in [2.24, 2.45) is 17.8 Å². The molecule has 7 atom stereocenters. The summed E-state index contributed by atoms with van der Waals surface area (Å²) >= 11 is 0. The molecule has 0 radical (unpaired) electrons. The first-order valence-corrected chi connectivity index (χ1v) is 38.4. The van der Waals surface area contributed by atoms with Crippen LogP contribution in [0.15, 0.2) is 0 Å². The van der Waals surface area contributed by atoms with E-state index in [1.54, 1.807) is 0 Å². The molecule has 0 aliphatic carbocycles. The normalized spacial score (nSPS) is 14.9. The number of hydrogen-bond acceptors (Lipinski definition) is 15. The van der Waals surface area contributed by atoms with Gasteiger partial charge in [0.2, 0.25) is 0 Å². The number of ether oxygens (including phenoxy) is 4. The Labute approximate surface area is 530 Å². The van der Waals surface area contributed by atoms with E-state index in [4.69, 9.17) is 37.0 Å². The Morgan fingerprint density at radius 2 is 0.586 bits per heavy atom. The van der Waals surface area contributed by atoms with Crippen LogP contribution in [0.4, 0.5) is 0 Å². The van der Waals surface area contributed by atoms with Crippen LogP contribution >= 0.6 is 15.6 Å². The van der Waals surface area contributed by atoms with Crippen LogP contribution in [0.25, 0.3) is 0 Å². The van der Waals surface area contributed by atoms with Gasteiger partial charge in [0.05, 0.1) is 26.4 Å². The minimum atomic E-state index is -4.95. The molecule has 0 aliphatic heterocycles. The molecular formula is C68H132O17P2. The lowest BCUT2D eigenvalue weighted by molar-refractivity contribution is -0.161. The number of aliphatic hydroxyl groups is 1. The number of phosphoric ester groups is 2. The molecule has 0 heterocycles. The van der Waals surface area contributed by atoms with Crippen molar-refractivity contribution in [3.8, 4) is 0 Å². The summed E-state index contributed by atoms with van der Waals surface area (Å²) in [5, 5.41) is 10.6. The fraction of sp³-hybridized carbons (Fsp3) is 0.941. The van der Waals surface area contributed by atoms with Gasteiger partial charge in [-0.25, -0.2) is 9.13 Å². The maximum Gasteiger partial charge on any atom is 0.472 e. The first kappa shape index (κ1) is 85.1. The van der Waals surface area contributed by atoms with Gasteiger partial charge in [-0.1, -0.05) is 286 Å². The van der Waals surface area contributed by atoms with Crippen LogP contribution in [-0.4, -0.2) is 96.7 Å². The predicted molar refractivity (Wildman–Crippen MR) is 349 cm³/mol. The zero-order valence-corrected chi connectivity index (χ0v) is 58.3. The van der Waals surface area contributed by atoms with Crippen molar-refractivity contribution in [2.45, 2.75) is 356 Å². The third kappa shape index (κ3) is 60.1. The molecule has 0 amide bonds. The van der Waals surface area contributed by atoms with Crippen molar-refractivity contribution in [1.82, 2.24) is 0 Å². The van der Waals surface area contributed by atoms with Gasteiger partial charge in [0.25, 0.3) is 0 Å². The van der Waals surface area contributed by atoms with E-state index in [1.165, 1.54) is 148 Å². The van der Waals surface area contributed by atoms with E-state index in [0.717, 1.165) is 108 Å².